The molecule has 1 aromatic carbocycles. The zero-order chi connectivity index (χ0) is 13.9. The fraction of sp³-hybridized carbons (Fsp3) is 0.0667. The Morgan fingerprint density at radius 1 is 1.10 bits per heavy atom. The van der Waals surface area contributed by atoms with Gasteiger partial charge in [0.2, 0.25) is 0 Å². The van der Waals surface area contributed by atoms with Crippen LogP contribution in [0.4, 0.5) is 4.39 Å². The van der Waals surface area contributed by atoms with Gasteiger partial charge in [-0.1, -0.05) is 18.2 Å². The van der Waals surface area contributed by atoms with E-state index in [0.29, 0.717) is 6.42 Å². The second-order valence-electron chi connectivity index (χ2n) is 4.39. The number of aromatic amines is 1. The van der Waals surface area contributed by atoms with Crippen molar-refractivity contribution >= 4 is 15.9 Å². The normalized spacial score (nSPS) is 10.7. The summed E-state index contributed by atoms with van der Waals surface area (Å²) in [5.74, 6) is -0.232. The van der Waals surface area contributed by atoms with Gasteiger partial charge in [0.25, 0.3) is 0 Å². The molecule has 0 bridgehead atoms. The third kappa shape index (κ3) is 2.63. The molecule has 0 saturated carbocycles. The summed E-state index contributed by atoms with van der Waals surface area (Å²) in [4.78, 5) is 4.35. The van der Waals surface area contributed by atoms with E-state index >= 15 is 0 Å². The number of nitrogens with one attached hydrogen (secondary N) is 1. The summed E-state index contributed by atoms with van der Waals surface area (Å²) in [6.07, 6.45) is 2.39. The molecule has 2 heterocycles. The van der Waals surface area contributed by atoms with Crippen LogP contribution < -0.4 is 0 Å². The number of H-pyrrole nitrogens is 1. The van der Waals surface area contributed by atoms with E-state index in [9.17, 15) is 4.39 Å². The van der Waals surface area contributed by atoms with Crippen LogP contribution in [0.25, 0.3) is 11.3 Å². The van der Waals surface area contributed by atoms with Crippen LogP contribution in [-0.4, -0.2) is 15.2 Å². The van der Waals surface area contributed by atoms with Crippen LogP contribution >= 0.6 is 15.9 Å². The Bertz CT molecular complexity index is 708. The Morgan fingerprint density at radius 2 is 1.90 bits per heavy atom. The Morgan fingerprint density at radius 3 is 2.60 bits per heavy atom. The van der Waals surface area contributed by atoms with Gasteiger partial charge >= 0.3 is 0 Å². The maximum Gasteiger partial charge on any atom is 0.137 e. The minimum atomic E-state index is -0.232. The zero-order valence-electron chi connectivity index (χ0n) is 10.5. The van der Waals surface area contributed by atoms with E-state index in [2.05, 4.69) is 31.1 Å². The van der Waals surface area contributed by atoms with Crippen molar-refractivity contribution < 1.29 is 4.39 Å². The van der Waals surface area contributed by atoms with Gasteiger partial charge in [0, 0.05) is 12.6 Å². The predicted octanol–water partition coefficient (Wildman–Crippen LogP) is 3.96. The van der Waals surface area contributed by atoms with E-state index in [1.807, 2.05) is 18.2 Å². The lowest BCUT2D eigenvalue weighted by Gasteiger charge is -2.04. The molecule has 0 spiro atoms. The van der Waals surface area contributed by atoms with Gasteiger partial charge in [0.15, 0.2) is 0 Å². The fourth-order valence-electron chi connectivity index (χ4n) is 2.06. The molecule has 0 aliphatic heterocycles. The van der Waals surface area contributed by atoms with Crippen molar-refractivity contribution in [2.24, 2.45) is 0 Å². The number of hydrogen-bond donors (Lipinski definition) is 1. The second-order valence-corrected chi connectivity index (χ2v) is 5.14. The average Bonchev–Trinajstić information content (AvgIpc) is 2.83. The molecule has 1 N–H and O–H groups in total. The highest BCUT2D eigenvalue weighted by Crippen LogP contribution is 2.29. The van der Waals surface area contributed by atoms with Gasteiger partial charge in [-0.3, -0.25) is 10.1 Å². The van der Waals surface area contributed by atoms with Crippen molar-refractivity contribution in [1.82, 2.24) is 15.2 Å². The van der Waals surface area contributed by atoms with Gasteiger partial charge in [-0.15, -0.1) is 0 Å². The summed E-state index contributed by atoms with van der Waals surface area (Å²) in [7, 11) is 0. The van der Waals surface area contributed by atoms with E-state index in [0.717, 1.165) is 27.1 Å². The maximum absolute atomic E-state index is 12.9. The van der Waals surface area contributed by atoms with Crippen LogP contribution in [0.1, 0.15) is 11.3 Å². The van der Waals surface area contributed by atoms with Gasteiger partial charge < -0.3 is 0 Å². The molecule has 2 aromatic heterocycles. The quantitative estimate of drug-likeness (QED) is 0.789. The molecular weight excluding hydrogens is 321 g/mol. The van der Waals surface area contributed by atoms with Crippen LogP contribution in [0.15, 0.2) is 53.3 Å². The van der Waals surface area contributed by atoms with Crippen LogP contribution in [0, 0.1) is 5.82 Å². The topological polar surface area (TPSA) is 41.6 Å². The number of nitrogens with zero attached hydrogens (tertiary/aromatic N) is 2. The summed E-state index contributed by atoms with van der Waals surface area (Å²) >= 11 is 3.44. The van der Waals surface area contributed by atoms with Crippen molar-refractivity contribution in [2.45, 2.75) is 6.42 Å². The first-order valence-corrected chi connectivity index (χ1v) is 6.92. The predicted molar refractivity (Wildman–Crippen MR) is 78.7 cm³/mol. The molecule has 3 nitrogen and oxygen atoms in total. The van der Waals surface area contributed by atoms with Crippen LogP contribution in [0.3, 0.4) is 0 Å². The number of hydrogen-bond acceptors (Lipinski definition) is 2. The van der Waals surface area contributed by atoms with Gasteiger partial charge in [-0.05, 0) is 45.8 Å². The molecule has 0 unspecified atom stereocenters. The zero-order valence-corrected chi connectivity index (χ0v) is 12.1. The molecule has 3 rings (SSSR count). The molecule has 0 aliphatic carbocycles. The Kier molecular flexibility index (Phi) is 3.60. The minimum Gasteiger partial charge on any atom is -0.280 e. The molecule has 5 heteroatoms. The number of rotatable bonds is 3. The number of pyridine rings is 1. The molecule has 0 amide bonds. The second kappa shape index (κ2) is 5.54. The van der Waals surface area contributed by atoms with E-state index in [4.69, 9.17) is 0 Å². The van der Waals surface area contributed by atoms with Crippen LogP contribution in [-0.2, 0) is 6.42 Å². The third-order valence-corrected chi connectivity index (χ3v) is 3.59. The molecule has 0 radical (unpaired) electrons. The number of benzene rings is 1. The lowest BCUT2D eigenvalue weighted by Crippen LogP contribution is -1.93. The summed E-state index contributed by atoms with van der Waals surface area (Å²) < 4.78 is 13.7. The van der Waals surface area contributed by atoms with Gasteiger partial charge in [0.05, 0.1) is 17.0 Å². The van der Waals surface area contributed by atoms with E-state index < -0.39 is 0 Å². The monoisotopic (exact) mass is 331 g/mol. The molecule has 3 aromatic rings. The van der Waals surface area contributed by atoms with Crippen LogP contribution in [0.5, 0.6) is 0 Å². The minimum absolute atomic E-state index is 0.232. The molecule has 100 valence electrons. The van der Waals surface area contributed by atoms with Crippen molar-refractivity contribution in [3.8, 4) is 11.3 Å². The molecule has 0 saturated heterocycles. The summed E-state index contributed by atoms with van der Waals surface area (Å²) in [5, 5.41) is 7.19. The standard InChI is InChI=1S/C15H11BrFN3/c16-15-14(12-3-1-2-8-18-12)13(19-20-15)9-10-4-6-11(17)7-5-10/h1-8H,9H2,(H,19,20). The summed E-state index contributed by atoms with van der Waals surface area (Å²) in [5.41, 5.74) is 3.75. The first-order valence-electron chi connectivity index (χ1n) is 6.12. The molecule has 20 heavy (non-hydrogen) atoms. The Hall–Kier alpha value is -2.01. The van der Waals surface area contributed by atoms with Gasteiger partial charge in [0.1, 0.15) is 10.4 Å². The first-order chi connectivity index (χ1) is 9.74. The lowest BCUT2D eigenvalue weighted by molar-refractivity contribution is 0.627. The van der Waals surface area contributed by atoms with Gasteiger partial charge in [-0.25, -0.2) is 4.39 Å². The maximum atomic E-state index is 12.9. The molecule has 0 fully saturated rings. The lowest BCUT2D eigenvalue weighted by atomic mass is 10.0. The number of aromatic nitrogens is 3. The first kappa shape index (κ1) is 13.0. The molecule has 0 atom stereocenters. The number of halogens is 2. The highest BCUT2D eigenvalue weighted by molar-refractivity contribution is 9.10. The highest BCUT2D eigenvalue weighted by atomic mass is 79.9. The highest BCUT2D eigenvalue weighted by Gasteiger charge is 2.14. The smallest absolute Gasteiger partial charge is 0.137 e. The SMILES string of the molecule is Fc1ccc(Cc2[nH]nc(Br)c2-c2ccccn2)cc1. The summed E-state index contributed by atoms with van der Waals surface area (Å²) in [6.45, 7) is 0. The Labute approximate surface area is 124 Å². The van der Waals surface area contributed by atoms with E-state index in [1.54, 1.807) is 18.3 Å². The third-order valence-electron chi connectivity index (χ3n) is 3.01. The van der Waals surface area contributed by atoms with E-state index in [1.165, 1.54) is 12.1 Å². The molecule has 0 aliphatic rings. The average molecular weight is 332 g/mol. The van der Waals surface area contributed by atoms with Crippen molar-refractivity contribution in [2.75, 3.05) is 0 Å². The fourth-order valence-corrected chi connectivity index (χ4v) is 2.59. The van der Waals surface area contributed by atoms with E-state index in [-0.39, 0.29) is 5.82 Å². The van der Waals surface area contributed by atoms with Crippen molar-refractivity contribution in [1.29, 1.82) is 0 Å². The van der Waals surface area contributed by atoms with Crippen molar-refractivity contribution in [3.63, 3.8) is 0 Å². The Balaban J connectivity index is 1.97. The van der Waals surface area contributed by atoms with Gasteiger partial charge in [-0.2, -0.15) is 5.10 Å². The summed E-state index contributed by atoms with van der Waals surface area (Å²) in [6, 6.07) is 12.2. The molecular formula is C15H11BrFN3. The van der Waals surface area contributed by atoms with Crippen molar-refractivity contribution in [3.05, 3.63) is 70.3 Å². The largest absolute Gasteiger partial charge is 0.280 e. The van der Waals surface area contributed by atoms with Crippen LogP contribution in [0.2, 0.25) is 0 Å².